The average Bonchev–Trinajstić information content (AvgIpc) is 2.60. The second-order valence-electron chi connectivity index (χ2n) is 4.82. The molecule has 9 heteroatoms. The highest BCUT2D eigenvalue weighted by Gasteiger charge is 2.24. The number of benzene rings is 1. The zero-order chi connectivity index (χ0) is 17.7. The zero-order valence-corrected chi connectivity index (χ0v) is 13.5. The van der Waals surface area contributed by atoms with Gasteiger partial charge in [0.1, 0.15) is 13.2 Å². The molecule has 0 saturated carbocycles. The number of carbonyl (C=O) groups is 3. The third-order valence-electron chi connectivity index (χ3n) is 3.18. The molecule has 9 nitrogen and oxygen atoms in total. The fraction of sp³-hybridized carbons (Fsp3) is 0.400. The van der Waals surface area contributed by atoms with Crippen LogP contribution in [0.1, 0.15) is 17.3 Å². The number of fused-ring (bicyclic) bond motifs is 1. The summed E-state index contributed by atoms with van der Waals surface area (Å²) in [6.07, 6.45) is -1.16. The van der Waals surface area contributed by atoms with Crippen LogP contribution >= 0.6 is 0 Å². The molecule has 0 radical (unpaired) electrons. The van der Waals surface area contributed by atoms with Gasteiger partial charge in [0.15, 0.2) is 17.6 Å². The molecule has 1 aliphatic heterocycles. The SMILES string of the molecule is CNC(=O)NC(=O)[C@@H](C)OC(=O)c1cc(OC)c2c(c1)OCCO2. The van der Waals surface area contributed by atoms with Gasteiger partial charge < -0.3 is 24.3 Å². The standard InChI is InChI=1S/C15H18N2O7/c1-8(13(18)17-15(20)16-2)24-14(19)9-6-10(21-3)12-11(7-9)22-4-5-23-12/h6-8H,4-5H2,1-3H3,(H2,16,17,18,20)/t8-/m1/s1. The van der Waals surface area contributed by atoms with Gasteiger partial charge in [0.25, 0.3) is 5.91 Å². The van der Waals surface area contributed by atoms with E-state index < -0.39 is 24.0 Å². The number of urea groups is 1. The van der Waals surface area contributed by atoms with Gasteiger partial charge in [-0.2, -0.15) is 0 Å². The number of nitrogens with one attached hydrogen (secondary N) is 2. The predicted octanol–water partition coefficient (Wildman–Crippen LogP) is 0.467. The van der Waals surface area contributed by atoms with E-state index in [1.54, 1.807) is 0 Å². The summed E-state index contributed by atoms with van der Waals surface area (Å²) < 4.78 is 21.1. The van der Waals surface area contributed by atoms with E-state index in [0.717, 1.165) is 0 Å². The van der Waals surface area contributed by atoms with Crippen LogP contribution in [0.2, 0.25) is 0 Å². The maximum absolute atomic E-state index is 12.2. The van der Waals surface area contributed by atoms with Crippen LogP contribution in [0.25, 0.3) is 0 Å². The normalized spacial score (nSPS) is 13.5. The first-order chi connectivity index (χ1) is 11.5. The number of methoxy groups -OCH3 is 1. The van der Waals surface area contributed by atoms with E-state index >= 15 is 0 Å². The number of ether oxygens (including phenoxy) is 4. The molecule has 1 heterocycles. The maximum atomic E-state index is 12.2. The molecule has 130 valence electrons. The van der Waals surface area contributed by atoms with Crippen molar-refractivity contribution in [2.24, 2.45) is 0 Å². The van der Waals surface area contributed by atoms with E-state index in [9.17, 15) is 14.4 Å². The molecule has 0 fully saturated rings. The van der Waals surface area contributed by atoms with E-state index in [-0.39, 0.29) is 5.56 Å². The molecule has 1 aliphatic rings. The van der Waals surface area contributed by atoms with Gasteiger partial charge in [-0.15, -0.1) is 0 Å². The molecule has 1 aromatic rings. The predicted molar refractivity (Wildman–Crippen MR) is 81.5 cm³/mol. The molecular formula is C15H18N2O7. The Hall–Kier alpha value is -2.97. The summed E-state index contributed by atoms with van der Waals surface area (Å²) in [5, 5.41) is 4.25. The van der Waals surface area contributed by atoms with Crippen molar-refractivity contribution in [3.63, 3.8) is 0 Å². The summed E-state index contributed by atoms with van der Waals surface area (Å²) in [4.78, 5) is 35.0. The number of hydrogen-bond donors (Lipinski definition) is 2. The van der Waals surface area contributed by atoms with E-state index in [1.165, 1.54) is 33.2 Å². The maximum Gasteiger partial charge on any atom is 0.339 e. The molecule has 3 amide bonds. The first-order valence-electron chi connectivity index (χ1n) is 7.17. The highest BCUT2D eigenvalue weighted by atomic mass is 16.6. The number of rotatable bonds is 4. The smallest absolute Gasteiger partial charge is 0.339 e. The minimum absolute atomic E-state index is 0.135. The molecule has 0 aliphatic carbocycles. The van der Waals surface area contributed by atoms with Crippen molar-refractivity contribution >= 4 is 17.9 Å². The van der Waals surface area contributed by atoms with Crippen LogP contribution in [0.15, 0.2) is 12.1 Å². The Balaban J connectivity index is 2.12. The summed E-state index contributed by atoms with van der Waals surface area (Å²) in [7, 11) is 2.79. The van der Waals surface area contributed by atoms with Crippen LogP contribution in [0.3, 0.4) is 0 Å². The molecule has 0 saturated heterocycles. The lowest BCUT2D eigenvalue weighted by atomic mass is 10.1. The fourth-order valence-corrected chi connectivity index (χ4v) is 1.95. The summed E-state index contributed by atoms with van der Waals surface area (Å²) in [6.45, 7) is 2.08. The molecule has 1 atom stereocenters. The number of carbonyl (C=O) groups excluding carboxylic acids is 3. The van der Waals surface area contributed by atoms with Gasteiger partial charge in [-0.3, -0.25) is 10.1 Å². The van der Waals surface area contributed by atoms with Crippen LogP contribution in [0.5, 0.6) is 17.2 Å². The molecule has 0 unspecified atom stereocenters. The highest BCUT2D eigenvalue weighted by Crippen LogP contribution is 2.40. The Morgan fingerprint density at radius 1 is 1.21 bits per heavy atom. The second kappa shape index (κ2) is 7.53. The molecule has 0 aromatic heterocycles. The Kier molecular flexibility index (Phi) is 5.46. The van der Waals surface area contributed by atoms with Crippen LogP contribution < -0.4 is 24.8 Å². The van der Waals surface area contributed by atoms with Crippen LogP contribution in [0.4, 0.5) is 4.79 Å². The van der Waals surface area contributed by atoms with Gasteiger partial charge in [0.2, 0.25) is 5.75 Å². The molecule has 24 heavy (non-hydrogen) atoms. The van der Waals surface area contributed by atoms with E-state index in [4.69, 9.17) is 18.9 Å². The van der Waals surface area contributed by atoms with Gasteiger partial charge in [0.05, 0.1) is 12.7 Å². The Labute approximate surface area is 138 Å². The van der Waals surface area contributed by atoms with Gasteiger partial charge in [-0.05, 0) is 19.1 Å². The van der Waals surface area contributed by atoms with Gasteiger partial charge in [0, 0.05) is 7.05 Å². The lowest BCUT2D eigenvalue weighted by molar-refractivity contribution is -0.127. The third kappa shape index (κ3) is 3.86. The Bertz CT molecular complexity index is 642. The summed E-state index contributed by atoms with van der Waals surface area (Å²) in [5.41, 5.74) is 0.135. The van der Waals surface area contributed by atoms with Gasteiger partial charge in [-0.1, -0.05) is 0 Å². The topological polar surface area (TPSA) is 112 Å². The molecule has 0 spiro atoms. The van der Waals surface area contributed by atoms with Crippen molar-refractivity contribution in [3.8, 4) is 17.2 Å². The van der Waals surface area contributed by atoms with E-state index in [1.807, 2.05) is 5.32 Å². The number of hydrogen-bond acceptors (Lipinski definition) is 7. The summed E-state index contributed by atoms with van der Waals surface area (Å²) >= 11 is 0. The first-order valence-corrected chi connectivity index (χ1v) is 7.17. The molecule has 0 bridgehead atoms. The fourth-order valence-electron chi connectivity index (χ4n) is 1.95. The second-order valence-corrected chi connectivity index (χ2v) is 4.82. The molecular weight excluding hydrogens is 320 g/mol. The van der Waals surface area contributed by atoms with E-state index in [2.05, 4.69) is 5.32 Å². The minimum atomic E-state index is -1.16. The Morgan fingerprint density at radius 2 is 1.92 bits per heavy atom. The average molecular weight is 338 g/mol. The highest BCUT2D eigenvalue weighted by molar-refractivity contribution is 5.98. The van der Waals surface area contributed by atoms with Crippen molar-refractivity contribution in [2.45, 2.75) is 13.0 Å². The summed E-state index contributed by atoms with van der Waals surface area (Å²) in [5.74, 6) is -0.417. The van der Waals surface area contributed by atoms with Crippen molar-refractivity contribution < 1.29 is 33.3 Å². The largest absolute Gasteiger partial charge is 0.493 e. The van der Waals surface area contributed by atoms with Crippen LogP contribution in [-0.4, -0.2) is 51.4 Å². The van der Waals surface area contributed by atoms with Gasteiger partial charge in [-0.25, -0.2) is 9.59 Å². The zero-order valence-electron chi connectivity index (χ0n) is 13.5. The Morgan fingerprint density at radius 3 is 2.58 bits per heavy atom. The minimum Gasteiger partial charge on any atom is -0.493 e. The summed E-state index contributed by atoms with van der Waals surface area (Å²) in [6, 6.07) is 2.19. The number of esters is 1. The quantitative estimate of drug-likeness (QED) is 0.767. The van der Waals surface area contributed by atoms with Crippen molar-refractivity contribution in [1.82, 2.24) is 10.6 Å². The number of imide groups is 1. The molecule has 2 rings (SSSR count). The van der Waals surface area contributed by atoms with Crippen molar-refractivity contribution in [1.29, 1.82) is 0 Å². The molecule has 2 N–H and O–H groups in total. The van der Waals surface area contributed by atoms with E-state index in [0.29, 0.717) is 30.5 Å². The van der Waals surface area contributed by atoms with Crippen LogP contribution in [0, 0.1) is 0 Å². The van der Waals surface area contributed by atoms with Crippen molar-refractivity contribution in [3.05, 3.63) is 17.7 Å². The van der Waals surface area contributed by atoms with Crippen LogP contribution in [-0.2, 0) is 9.53 Å². The lowest BCUT2D eigenvalue weighted by Gasteiger charge is -2.21. The molecule has 1 aromatic carbocycles. The first kappa shape index (κ1) is 17.4. The van der Waals surface area contributed by atoms with Crippen molar-refractivity contribution in [2.75, 3.05) is 27.4 Å². The monoisotopic (exact) mass is 338 g/mol. The lowest BCUT2D eigenvalue weighted by Crippen LogP contribution is -2.43. The number of amides is 3. The third-order valence-corrected chi connectivity index (χ3v) is 3.18. The van der Waals surface area contributed by atoms with Gasteiger partial charge >= 0.3 is 12.0 Å².